The molecule has 0 saturated heterocycles. The molecule has 1 aromatic carbocycles. The molecule has 31 heavy (non-hydrogen) atoms. The van der Waals surface area contributed by atoms with Gasteiger partial charge >= 0.3 is 5.97 Å². The number of amides is 1. The molecule has 1 saturated carbocycles. The molecule has 1 fully saturated rings. The van der Waals surface area contributed by atoms with Crippen molar-refractivity contribution in [3.63, 3.8) is 0 Å². The van der Waals surface area contributed by atoms with Gasteiger partial charge in [0.1, 0.15) is 24.3 Å². The topological polar surface area (TPSA) is 119 Å². The van der Waals surface area contributed by atoms with Crippen molar-refractivity contribution in [3.05, 3.63) is 41.7 Å². The highest BCUT2D eigenvalue weighted by Gasteiger charge is 2.33. The number of aromatic nitrogens is 2. The number of nitrogens with zero attached hydrogens (tertiary/aromatic N) is 3. The maximum atomic E-state index is 13.2. The summed E-state index contributed by atoms with van der Waals surface area (Å²) in [6.07, 6.45) is 5.11. The van der Waals surface area contributed by atoms with Crippen LogP contribution >= 0.6 is 0 Å². The van der Waals surface area contributed by atoms with Crippen molar-refractivity contribution in [2.75, 3.05) is 17.2 Å². The number of hydrogen-bond acceptors (Lipinski definition) is 6. The second-order valence-corrected chi connectivity index (χ2v) is 8.60. The van der Waals surface area contributed by atoms with Gasteiger partial charge in [0, 0.05) is 5.69 Å². The lowest BCUT2D eigenvalue weighted by Crippen LogP contribution is -2.40. The van der Waals surface area contributed by atoms with Gasteiger partial charge in [0.15, 0.2) is 0 Å². The summed E-state index contributed by atoms with van der Waals surface area (Å²) >= 11 is 0. The Labute approximate surface area is 181 Å². The molecule has 2 aromatic rings. The Bertz CT molecular complexity index is 970. The number of carboxylic acids is 1. The number of benzene rings is 1. The van der Waals surface area contributed by atoms with E-state index in [-0.39, 0.29) is 41.0 Å². The Hall–Kier alpha value is -3.16. The summed E-state index contributed by atoms with van der Waals surface area (Å²) in [5.41, 5.74) is 8.13. The fourth-order valence-electron chi connectivity index (χ4n) is 4.72. The van der Waals surface area contributed by atoms with Crippen molar-refractivity contribution in [1.29, 1.82) is 0 Å². The van der Waals surface area contributed by atoms with Gasteiger partial charge < -0.3 is 20.5 Å². The Balaban J connectivity index is 1.51. The van der Waals surface area contributed by atoms with E-state index in [4.69, 9.17) is 10.5 Å². The first-order chi connectivity index (χ1) is 14.9. The van der Waals surface area contributed by atoms with Gasteiger partial charge in [0.2, 0.25) is 5.88 Å². The molecule has 8 heteroatoms. The van der Waals surface area contributed by atoms with Gasteiger partial charge in [0.05, 0.1) is 12.0 Å². The van der Waals surface area contributed by atoms with Crippen molar-refractivity contribution in [1.82, 2.24) is 9.97 Å². The number of rotatable bonds is 4. The third-order valence-electron chi connectivity index (χ3n) is 6.69. The zero-order chi connectivity index (χ0) is 22.1. The number of fused-ring (bicyclic) bond motifs is 1. The van der Waals surface area contributed by atoms with E-state index in [1.165, 1.54) is 11.9 Å². The highest BCUT2D eigenvalue weighted by molar-refractivity contribution is 6.11. The van der Waals surface area contributed by atoms with E-state index in [1.54, 1.807) is 11.8 Å². The second-order valence-electron chi connectivity index (χ2n) is 8.60. The molecule has 4 rings (SSSR count). The first-order valence-electron chi connectivity index (χ1n) is 10.8. The summed E-state index contributed by atoms with van der Waals surface area (Å²) in [5.74, 6) is -0.281. The fourth-order valence-corrected chi connectivity index (χ4v) is 4.72. The molecule has 1 aliphatic carbocycles. The van der Waals surface area contributed by atoms with Crippen LogP contribution in [0.2, 0.25) is 0 Å². The molecule has 0 radical (unpaired) electrons. The van der Waals surface area contributed by atoms with Crippen LogP contribution in [0.15, 0.2) is 30.6 Å². The number of carbonyl (C=O) groups is 2. The molecule has 0 bridgehead atoms. The second kappa shape index (κ2) is 8.53. The number of carbonyl (C=O) groups excluding carboxylic acids is 1. The van der Waals surface area contributed by atoms with Gasteiger partial charge in [-0.05, 0) is 62.1 Å². The average Bonchev–Trinajstić information content (AvgIpc) is 2.90. The monoisotopic (exact) mass is 424 g/mol. The van der Waals surface area contributed by atoms with Crippen molar-refractivity contribution >= 4 is 23.4 Å². The number of ether oxygens (including phenoxy) is 1. The Morgan fingerprint density at radius 1 is 1.19 bits per heavy atom. The van der Waals surface area contributed by atoms with Crippen LogP contribution < -0.4 is 15.4 Å². The molecule has 3 N–H and O–H groups in total. The fraction of sp³-hybridized carbons (Fsp3) is 0.478. The molecular formula is C23H28N4O4. The van der Waals surface area contributed by atoms with Crippen LogP contribution in [0.1, 0.15) is 61.4 Å². The number of carboxylic acid groups (broad SMARTS) is 1. The van der Waals surface area contributed by atoms with E-state index in [0.717, 1.165) is 31.4 Å². The van der Waals surface area contributed by atoms with Crippen molar-refractivity contribution in [3.8, 4) is 5.88 Å². The normalized spacial score (nSPS) is 24.6. The molecule has 0 spiro atoms. The molecule has 8 nitrogen and oxygen atoms in total. The molecule has 1 amide bonds. The lowest BCUT2D eigenvalue weighted by atomic mass is 9.74. The van der Waals surface area contributed by atoms with Crippen molar-refractivity contribution in [2.24, 2.45) is 11.8 Å². The van der Waals surface area contributed by atoms with Gasteiger partial charge in [-0.2, -0.15) is 0 Å². The summed E-state index contributed by atoms with van der Waals surface area (Å²) < 4.78 is 5.69. The highest BCUT2D eigenvalue weighted by atomic mass is 16.5. The number of nitrogen functional groups attached to an aromatic ring is 1. The number of hydrogen-bond donors (Lipinski definition) is 2. The maximum Gasteiger partial charge on any atom is 0.306 e. The number of anilines is 2. The van der Waals surface area contributed by atoms with Gasteiger partial charge in [-0.3, -0.25) is 9.59 Å². The van der Waals surface area contributed by atoms with E-state index in [1.807, 2.05) is 19.1 Å². The Morgan fingerprint density at radius 3 is 2.52 bits per heavy atom. The van der Waals surface area contributed by atoms with Crippen LogP contribution in [0, 0.1) is 11.8 Å². The summed E-state index contributed by atoms with van der Waals surface area (Å²) in [6, 6.07) is 7.86. The predicted molar refractivity (Wildman–Crippen MR) is 116 cm³/mol. The van der Waals surface area contributed by atoms with Crippen LogP contribution in [0.25, 0.3) is 0 Å². The smallest absolute Gasteiger partial charge is 0.306 e. The Kier molecular flexibility index (Phi) is 5.80. The third kappa shape index (κ3) is 4.06. The molecule has 164 valence electrons. The van der Waals surface area contributed by atoms with Crippen LogP contribution in [0.5, 0.6) is 5.88 Å². The van der Waals surface area contributed by atoms with Gasteiger partial charge in [0.25, 0.3) is 5.91 Å². The summed E-state index contributed by atoms with van der Waals surface area (Å²) in [6.45, 7) is 4.04. The lowest BCUT2D eigenvalue weighted by molar-refractivity contribution is -0.143. The molecule has 2 atom stereocenters. The Morgan fingerprint density at radius 2 is 1.87 bits per heavy atom. The molecule has 1 unspecified atom stereocenters. The van der Waals surface area contributed by atoms with E-state index in [9.17, 15) is 14.7 Å². The van der Waals surface area contributed by atoms with Crippen molar-refractivity contribution in [2.45, 2.75) is 51.5 Å². The molecular weight excluding hydrogens is 396 g/mol. The van der Waals surface area contributed by atoms with Crippen molar-refractivity contribution < 1.29 is 19.4 Å². The summed E-state index contributed by atoms with van der Waals surface area (Å²) in [5, 5.41) is 9.26. The minimum absolute atomic E-state index is 0.109. The third-order valence-corrected chi connectivity index (χ3v) is 6.69. The predicted octanol–water partition coefficient (Wildman–Crippen LogP) is 3.48. The van der Waals surface area contributed by atoms with Gasteiger partial charge in [-0.15, -0.1) is 0 Å². The lowest BCUT2D eigenvalue weighted by Gasteiger charge is -2.31. The molecule has 1 aliphatic heterocycles. The first-order valence-corrected chi connectivity index (χ1v) is 10.8. The van der Waals surface area contributed by atoms with Crippen LogP contribution in [-0.4, -0.2) is 39.6 Å². The highest BCUT2D eigenvalue weighted by Crippen LogP contribution is 2.39. The summed E-state index contributed by atoms with van der Waals surface area (Å²) in [7, 11) is 0. The van der Waals surface area contributed by atoms with Crippen LogP contribution in [0.3, 0.4) is 0 Å². The first kappa shape index (κ1) is 21.1. The minimum atomic E-state index is -0.708. The zero-order valence-corrected chi connectivity index (χ0v) is 17.8. The number of aliphatic carboxylic acids is 1. The number of nitrogens with two attached hydrogens (primary N) is 1. The van der Waals surface area contributed by atoms with E-state index >= 15 is 0 Å². The minimum Gasteiger partial charge on any atom is -0.481 e. The standard InChI is InChI=1S/C23H28N4O4/c1-13-11-31-21-19(20(24)25-12-26-21)22(28)27(13)18-9-7-17(8-10-18)16-5-3-15(4-6-16)14(2)23(29)30/h7-10,12-16H,3-6,11H2,1-2H3,(H,29,30)(H2,24,25,26)/t13-,14?,15?,16?/m0/s1. The molecule has 2 heterocycles. The zero-order valence-electron chi connectivity index (χ0n) is 17.8. The largest absolute Gasteiger partial charge is 0.481 e. The average molecular weight is 425 g/mol. The van der Waals surface area contributed by atoms with E-state index < -0.39 is 5.97 Å². The van der Waals surface area contributed by atoms with Gasteiger partial charge in [-0.1, -0.05) is 19.1 Å². The van der Waals surface area contributed by atoms with Crippen LogP contribution in [0.4, 0.5) is 11.5 Å². The van der Waals surface area contributed by atoms with Gasteiger partial charge in [-0.25, -0.2) is 9.97 Å². The van der Waals surface area contributed by atoms with Crippen LogP contribution in [-0.2, 0) is 4.79 Å². The molecule has 1 aromatic heterocycles. The van der Waals surface area contributed by atoms with E-state index in [0.29, 0.717) is 12.5 Å². The summed E-state index contributed by atoms with van der Waals surface area (Å²) in [4.78, 5) is 34.2. The quantitative estimate of drug-likeness (QED) is 0.771. The van der Waals surface area contributed by atoms with E-state index in [2.05, 4.69) is 22.1 Å². The maximum absolute atomic E-state index is 13.2. The molecule has 2 aliphatic rings. The SMILES string of the molecule is CC(C(=O)O)C1CCC(c2ccc(N3C(=O)c4c(N)ncnc4OC[C@@H]3C)cc2)CC1.